The molecule has 9 heteroatoms. The lowest BCUT2D eigenvalue weighted by atomic mass is 10.2. The van der Waals surface area contributed by atoms with Crippen LogP contribution in [0.25, 0.3) is 11.4 Å². The molecule has 0 aliphatic rings. The SMILES string of the molecule is CC(Sc1nnc(-c2ccc(F)cc2)n1N)C(=O)Nc1ccc(Cl)cc1. The molecule has 134 valence electrons. The van der Waals surface area contributed by atoms with E-state index in [0.29, 0.717) is 27.3 Å². The second-order valence-corrected chi connectivity index (χ2v) is 7.18. The van der Waals surface area contributed by atoms with E-state index in [1.54, 1.807) is 43.3 Å². The number of carbonyl (C=O) groups is 1. The lowest BCUT2D eigenvalue weighted by Crippen LogP contribution is -2.23. The topological polar surface area (TPSA) is 85.8 Å². The van der Waals surface area contributed by atoms with Gasteiger partial charge in [0.15, 0.2) is 5.82 Å². The van der Waals surface area contributed by atoms with E-state index in [1.807, 2.05) is 0 Å². The van der Waals surface area contributed by atoms with Crippen molar-refractivity contribution in [3.63, 3.8) is 0 Å². The van der Waals surface area contributed by atoms with E-state index in [2.05, 4.69) is 15.5 Å². The summed E-state index contributed by atoms with van der Waals surface area (Å²) in [5.74, 6) is 5.86. The van der Waals surface area contributed by atoms with E-state index < -0.39 is 5.25 Å². The zero-order valence-corrected chi connectivity index (χ0v) is 15.3. The van der Waals surface area contributed by atoms with E-state index in [-0.39, 0.29) is 11.7 Å². The van der Waals surface area contributed by atoms with Crippen LogP contribution in [0.2, 0.25) is 5.02 Å². The van der Waals surface area contributed by atoms with Gasteiger partial charge in [-0.3, -0.25) is 4.79 Å². The Morgan fingerprint density at radius 3 is 2.50 bits per heavy atom. The quantitative estimate of drug-likeness (QED) is 0.513. The Kier molecular flexibility index (Phi) is 5.43. The normalized spacial score (nSPS) is 12.0. The zero-order valence-electron chi connectivity index (χ0n) is 13.7. The molecule has 0 saturated heterocycles. The van der Waals surface area contributed by atoms with Gasteiger partial charge in [-0.2, -0.15) is 0 Å². The minimum absolute atomic E-state index is 0.205. The molecular formula is C17H15ClFN5OS. The zero-order chi connectivity index (χ0) is 18.7. The maximum Gasteiger partial charge on any atom is 0.237 e. The maximum absolute atomic E-state index is 13.0. The third kappa shape index (κ3) is 4.14. The molecule has 0 saturated carbocycles. The Morgan fingerprint density at radius 2 is 1.85 bits per heavy atom. The average Bonchev–Trinajstić information content (AvgIpc) is 2.98. The van der Waals surface area contributed by atoms with Crippen LogP contribution in [0.3, 0.4) is 0 Å². The molecule has 3 aromatic rings. The van der Waals surface area contributed by atoms with Gasteiger partial charge in [-0.05, 0) is 55.5 Å². The lowest BCUT2D eigenvalue weighted by molar-refractivity contribution is -0.115. The van der Waals surface area contributed by atoms with Crippen molar-refractivity contribution in [2.24, 2.45) is 0 Å². The summed E-state index contributed by atoms with van der Waals surface area (Å²) in [5.41, 5.74) is 1.28. The summed E-state index contributed by atoms with van der Waals surface area (Å²) in [6, 6.07) is 12.6. The van der Waals surface area contributed by atoms with Crippen LogP contribution >= 0.6 is 23.4 Å². The number of thioether (sulfide) groups is 1. The third-order valence-electron chi connectivity index (χ3n) is 3.53. The minimum Gasteiger partial charge on any atom is -0.335 e. The lowest BCUT2D eigenvalue weighted by Gasteiger charge is -2.11. The summed E-state index contributed by atoms with van der Waals surface area (Å²) < 4.78 is 14.3. The van der Waals surface area contributed by atoms with Crippen LogP contribution in [0.1, 0.15) is 6.92 Å². The number of halogens is 2. The highest BCUT2D eigenvalue weighted by Crippen LogP contribution is 2.25. The van der Waals surface area contributed by atoms with Crippen molar-refractivity contribution in [1.29, 1.82) is 0 Å². The number of anilines is 1. The van der Waals surface area contributed by atoms with Crippen molar-refractivity contribution in [1.82, 2.24) is 14.9 Å². The molecule has 1 atom stereocenters. The number of hydrogen-bond donors (Lipinski definition) is 2. The number of benzene rings is 2. The van der Waals surface area contributed by atoms with Gasteiger partial charge in [-0.25, -0.2) is 9.07 Å². The monoisotopic (exact) mass is 391 g/mol. The first-order valence-electron chi connectivity index (χ1n) is 7.63. The second-order valence-electron chi connectivity index (χ2n) is 5.44. The number of hydrogen-bond acceptors (Lipinski definition) is 5. The molecule has 1 aromatic heterocycles. The molecule has 2 aromatic carbocycles. The molecule has 1 heterocycles. The standard InChI is InChI=1S/C17H15ClFN5OS/c1-10(16(25)21-14-8-4-12(18)5-9-14)26-17-23-22-15(24(17)20)11-2-6-13(19)7-3-11/h2-10H,20H2,1H3,(H,21,25). The van der Waals surface area contributed by atoms with Crippen LogP contribution in [0.15, 0.2) is 53.7 Å². The molecule has 0 spiro atoms. The predicted octanol–water partition coefficient (Wildman–Crippen LogP) is 3.57. The fraction of sp³-hybridized carbons (Fsp3) is 0.118. The summed E-state index contributed by atoms with van der Waals surface area (Å²) in [4.78, 5) is 12.3. The summed E-state index contributed by atoms with van der Waals surface area (Å²) >= 11 is 7.00. The molecule has 26 heavy (non-hydrogen) atoms. The van der Waals surface area contributed by atoms with Gasteiger partial charge in [0, 0.05) is 16.3 Å². The van der Waals surface area contributed by atoms with Crippen molar-refractivity contribution in [2.45, 2.75) is 17.3 Å². The number of rotatable bonds is 5. The molecular weight excluding hydrogens is 377 g/mol. The number of amides is 1. The highest BCUT2D eigenvalue weighted by Gasteiger charge is 2.20. The highest BCUT2D eigenvalue weighted by molar-refractivity contribution is 8.00. The van der Waals surface area contributed by atoms with E-state index in [1.165, 1.54) is 28.6 Å². The number of nitrogen functional groups attached to an aromatic ring is 1. The van der Waals surface area contributed by atoms with Crippen molar-refractivity contribution in [3.05, 3.63) is 59.4 Å². The smallest absolute Gasteiger partial charge is 0.237 e. The Balaban J connectivity index is 1.69. The largest absolute Gasteiger partial charge is 0.335 e. The summed E-state index contributed by atoms with van der Waals surface area (Å²) in [6.07, 6.45) is 0. The number of nitrogens with zero attached hydrogens (tertiary/aromatic N) is 3. The number of nitrogens with one attached hydrogen (secondary N) is 1. The fourth-order valence-corrected chi connectivity index (χ4v) is 3.04. The molecule has 6 nitrogen and oxygen atoms in total. The Morgan fingerprint density at radius 1 is 1.19 bits per heavy atom. The molecule has 0 bridgehead atoms. The van der Waals surface area contributed by atoms with E-state index in [0.717, 1.165) is 0 Å². The van der Waals surface area contributed by atoms with Crippen LogP contribution < -0.4 is 11.2 Å². The first-order valence-corrected chi connectivity index (χ1v) is 8.89. The predicted molar refractivity (Wildman–Crippen MR) is 101 cm³/mol. The maximum atomic E-state index is 13.0. The van der Waals surface area contributed by atoms with Gasteiger partial charge in [0.05, 0.1) is 5.25 Å². The second kappa shape index (κ2) is 7.76. The minimum atomic E-state index is -0.460. The van der Waals surface area contributed by atoms with Crippen LogP contribution in [-0.4, -0.2) is 26.0 Å². The van der Waals surface area contributed by atoms with Gasteiger partial charge in [-0.15, -0.1) is 10.2 Å². The molecule has 3 N–H and O–H groups in total. The van der Waals surface area contributed by atoms with E-state index in [4.69, 9.17) is 17.4 Å². The van der Waals surface area contributed by atoms with E-state index >= 15 is 0 Å². The molecule has 0 aliphatic heterocycles. The Labute approximate surface area is 158 Å². The fourth-order valence-electron chi connectivity index (χ4n) is 2.14. The summed E-state index contributed by atoms with van der Waals surface area (Å²) in [5, 5.41) is 11.3. The van der Waals surface area contributed by atoms with Gasteiger partial charge in [0.25, 0.3) is 0 Å². The summed E-state index contributed by atoms with van der Waals surface area (Å²) in [7, 11) is 0. The third-order valence-corrected chi connectivity index (χ3v) is 4.84. The highest BCUT2D eigenvalue weighted by atomic mass is 35.5. The van der Waals surface area contributed by atoms with Crippen molar-refractivity contribution >= 4 is 35.0 Å². The summed E-state index contributed by atoms with van der Waals surface area (Å²) in [6.45, 7) is 1.74. The molecule has 1 amide bonds. The van der Waals surface area contributed by atoms with Gasteiger partial charge >= 0.3 is 0 Å². The number of carbonyl (C=O) groups excluding carboxylic acids is 1. The van der Waals surface area contributed by atoms with Gasteiger partial charge < -0.3 is 11.2 Å². The molecule has 0 fully saturated rings. The number of nitrogens with two attached hydrogens (primary N) is 1. The number of aromatic nitrogens is 3. The van der Waals surface area contributed by atoms with Crippen molar-refractivity contribution < 1.29 is 9.18 Å². The van der Waals surface area contributed by atoms with Crippen LogP contribution in [0.5, 0.6) is 0 Å². The van der Waals surface area contributed by atoms with Gasteiger partial charge in [-0.1, -0.05) is 23.4 Å². The first kappa shape index (κ1) is 18.2. The van der Waals surface area contributed by atoms with Gasteiger partial charge in [0.1, 0.15) is 5.82 Å². The van der Waals surface area contributed by atoms with Crippen LogP contribution in [0, 0.1) is 5.82 Å². The molecule has 0 aliphatic carbocycles. The molecule has 3 rings (SSSR count). The first-order chi connectivity index (χ1) is 12.4. The van der Waals surface area contributed by atoms with Crippen molar-refractivity contribution in [2.75, 3.05) is 11.2 Å². The average molecular weight is 392 g/mol. The Hall–Kier alpha value is -2.58. The van der Waals surface area contributed by atoms with Gasteiger partial charge in [0.2, 0.25) is 11.1 Å². The van der Waals surface area contributed by atoms with E-state index in [9.17, 15) is 9.18 Å². The van der Waals surface area contributed by atoms with Crippen LogP contribution in [-0.2, 0) is 4.79 Å². The Bertz CT molecular complexity index is 914. The van der Waals surface area contributed by atoms with Crippen LogP contribution in [0.4, 0.5) is 10.1 Å². The van der Waals surface area contributed by atoms with Crippen molar-refractivity contribution in [3.8, 4) is 11.4 Å². The molecule has 1 unspecified atom stereocenters. The molecule has 0 radical (unpaired) electrons.